The van der Waals surface area contributed by atoms with Gasteiger partial charge in [0.25, 0.3) is 0 Å². The van der Waals surface area contributed by atoms with Crippen molar-refractivity contribution >= 4 is 27.2 Å². The zero-order valence-corrected chi connectivity index (χ0v) is 12.4. The molecule has 6 heteroatoms. The van der Waals surface area contributed by atoms with Gasteiger partial charge < -0.3 is 5.73 Å². The van der Waals surface area contributed by atoms with E-state index in [0.29, 0.717) is 13.1 Å². The fourth-order valence-electron chi connectivity index (χ4n) is 2.31. The van der Waals surface area contributed by atoms with Crippen LogP contribution >= 0.6 is 12.2 Å². The van der Waals surface area contributed by atoms with Crippen molar-refractivity contribution in [1.82, 2.24) is 4.31 Å². The highest BCUT2D eigenvalue weighted by Crippen LogP contribution is 2.38. The summed E-state index contributed by atoms with van der Waals surface area (Å²) in [6, 6.07) is 0. The van der Waals surface area contributed by atoms with Crippen LogP contribution in [-0.2, 0) is 10.0 Å². The molecule has 1 atom stereocenters. The lowest BCUT2D eigenvalue weighted by Gasteiger charge is -2.27. The highest BCUT2D eigenvalue weighted by molar-refractivity contribution is 7.92. The molecule has 1 rings (SSSR count). The van der Waals surface area contributed by atoms with Crippen LogP contribution in [-0.4, -0.2) is 36.1 Å². The van der Waals surface area contributed by atoms with Gasteiger partial charge in [-0.15, -0.1) is 0 Å². The van der Waals surface area contributed by atoms with E-state index in [1.165, 1.54) is 0 Å². The average Bonchev–Trinajstić information content (AvgIpc) is 2.73. The molecule has 17 heavy (non-hydrogen) atoms. The van der Waals surface area contributed by atoms with Crippen molar-refractivity contribution < 1.29 is 8.42 Å². The first-order valence-electron chi connectivity index (χ1n) is 6.07. The number of nitrogens with two attached hydrogens (primary N) is 1. The van der Waals surface area contributed by atoms with Crippen molar-refractivity contribution in [3.63, 3.8) is 0 Å². The standard InChI is InChI=1S/C11H22N2O2S2/c1-4-11(5-2)6-7-13(8-11)17(14,15)9(3)10(12)16/h9H,4-8H2,1-3H3,(H2,12,16). The van der Waals surface area contributed by atoms with Crippen LogP contribution < -0.4 is 5.73 Å². The molecular formula is C11H22N2O2S2. The number of rotatable bonds is 5. The van der Waals surface area contributed by atoms with E-state index in [9.17, 15) is 8.42 Å². The van der Waals surface area contributed by atoms with Gasteiger partial charge in [0.05, 0.1) is 4.99 Å². The monoisotopic (exact) mass is 278 g/mol. The third kappa shape index (κ3) is 2.80. The van der Waals surface area contributed by atoms with E-state index in [-0.39, 0.29) is 10.4 Å². The lowest BCUT2D eigenvalue weighted by Crippen LogP contribution is -2.42. The fourth-order valence-corrected chi connectivity index (χ4v) is 4.21. The number of sulfonamides is 1. The first-order valence-corrected chi connectivity index (χ1v) is 7.98. The normalized spacial score (nSPS) is 22.5. The molecule has 0 aliphatic carbocycles. The molecular weight excluding hydrogens is 256 g/mol. The molecule has 1 heterocycles. The van der Waals surface area contributed by atoms with Crippen molar-refractivity contribution in [2.75, 3.05) is 13.1 Å². The minimum atomic E-state index is -3.36. The van der Waals surface area contributed by atoms with E-state index < -0.39 is 15.3 Å². The lowest BCUT2D eigenvalue weighted by molar-refractivity contribution is 0.279. The van der Waals surface area contributed by atoms with Crippen molar-refractivity contribution in [3.05, 3.63) is 0 Å². The summed E-state index contributed by atoms with van der Waals surface area (Å²) in [6.07, 6.45) is 2.96. The Morgan fingerprint density at radius 1 is 1.47 bits per heavy atom. The third-order valence-electron chi connectivity index (χ3n) is 4.11. The smallest absolute Gasteiger partial charge is 0.223 e. The second-order valence-electron chi connectivity index (χ2n) is 4.88. The number of thiocarbonyl (C=S) groups is 1. The van der Waals surface area contributed by atoms with E-state index >= 15 is 0 Å². The summed E-state index contributed by atoms with van der Waals surface area (Å²) in [4.78, 5) is 0.0514. The first-order chi connectivity index (χ1) is 7.79. The molecule has 0 radical (unpaired) electrons. The summed E-state index contributed by atoms with van der Waals surface area (Å²) in [5, 5.41) is -0.762. The van der Waals surface area contributed by atoms with Gasteiger partial charge in [0.15, 0.2) is 0 Å². The zero-order chi connectivity index (χ0) is 13.3. The van der Waals surface area contributed by atoms with E-state index in [1.807, 2.05) is 0 Å². The van der Waals surface area contributed by atoms with E-state index in [2.05, 4.69) is 13.8 Å². The van der Waals surface area contributed by atoms with E-state index in [4.69, 9.17) is 18.0 Å². The highest BCUT2D eigenvalue weighted by atomic mass is 32.2. The van der Waals surface area contributed by atoms with Gasteiger partial charge in [-0.3, -0.25) is 0 Å². The molecule has 0 bridgehead atoms. The van der Waals surface area contributed by atoms with Gasteiger partial charge >= 0.3 is 0 Å². The highest BCUT2D eigenvalue weighted by Gasteiger charge is 2.42. The maximum atomic E-state index is 12.3. The Bertz CT molecular complexity index is 388. The van der Waals surface area contributed by atoms with Crippen LogP contribution in [0.2, 0.25) is 0 Å². The Hall–Kier alpha value is -0.200. The number of hydrogen-bond donors (Lipinski definition) is 1. The van der Waals surface area contributed by atoms with Crippen molar-refractivity contribution in [1.29, 1.82) is 0 Å². The molecule has 1 fully saturated rings. The second-order valence-corrected chi connectivity index (χ2v) is 7.61. The number of nitrogens with zero attached hydrogens (tertiary/aromatic N) is 1. The fraction of sp³-hybridized carbons (Fsp3) is 0.909. The van der Waals surface area contributed by atoms with Gasteiger partial charge in [-0.1, -0.05) is 26.1 Å². The van der Waals surface area contributed by atoms with Crippen LogP contribution in [0, 0.1) is 5.41 Å². The quantitative estimate of drug-likeness (QED) is 0.774. The molecule has 1 saturated heterocycles. The van der Waals surface area contributed by atoms with Gasteiger partial charge in [-0.05, 0) is 31.6 Å². The van der Waals surface area contributed by atoms with Gasteiger partial charge in [0.2, 0.25) is 10.0 Å². The van der Waals surface area contributed by atoms with Crippen molar-refractivity contribution in [2.45, 2.75) is 45.3 Å². The zero-order valence-electron chi connectivity index (χ0n) is 10.8. The summed E-state index contributed by atoms with van der Waals surface area (Å²) in [6.45, 7) is 7.01. The maximum absolute atomic E-state index is 12.3. The van der Waals surface area contributed by atoms with Crippen molar-refractivity contribution in [2.24, 2.45) is 11.1 Å². The molecule has 1 aliphatic heterocycles. The van der Waals surface area contributed by atoms with E-state index in [1.54, 1.807) is 11.2 Å². The predicted molar refractivity (Wildman–Crippen MR) is 74.4 cm³/mol. The molecule has 0 saturated carbocycles. The van der Waals surface area contributed by atoms with Gasteiger partial charge in [0, 0.05) is 13.1 Å². The summed E-state index contributed by atoms with van der Waals surface area (Å²) >= 11 is 4.79. The molecule has 1 aliphatic rings. The minimum Gasteiger partial charge on any atom is -0.392 e. The topological polar surface area (TPSA) is 63.4 Å². The van der Waals surface area contributed by atoms with Crippen molar-refractivity contribution in [3.8, 4) is 0 Å². The Labute approximate surface area is 110 Å². The Morgan fingerprint density at radius 3 is 2.35 bits per heavy atom. The minimum absolute atomic E-state index is 0.0514. The number of hydrogen-bond acceptors (Lipinski definition) is 3. The summed E-state index contributed by atoms with van der Waals surface area (Å²) in [7, 11) is -3.36. The molecule has 0 amide bonds. The Morgan fingerprint density at radius 2 is 2.00 bits per heavy atom. The molecule has 0 aromatic heterocycles. The summed E-state index contributed by atoms with van der Waals surface area (Å²) in [5.74, 6) is 0. The average molecular weight is 278 g/mol. The molecule has 4 nitrogen and oxygen atoms in total. The Balaban J connectivity index is 2.88. The SMILES string of the molecule is CCC1(CC)CCN(S(=O)(=O)C(C)C(N)=S)C1. The van der Waals surface area contributed by atoms with Crippen LogP contribution in [0.25, 0.3) is 0 Å². The predicted octanol–water partition coefficient (Wildman–Crippen LogP) is 1.50. The third-order valence-corrected chi connectivity index (χ3v) is 6.79. The summed E-state index contributed by atoms with van der Waals surface area (Å²) < 4.78 is 26.1. The van der Waals surface area contributed by atoms with Crippen LogP contribution in [0.5, 0.6) is 0 Å². The van der Waals surface area contributed by atoms with E-state index in [0.717, 1.165) is 19.3 Å². The maximum Gasteiger partial charge on any atom is 0.223 e. The first kappa shape index (κ1) is 14.9. The van der Waals surface area contributed by atoms with Crippen LogP contribution in [0.1, 0.15) is 40.0 Å². The lowest BCUT2D eigenvalue weighted by atomic mass is 9.82. The molecule has 2 N–H and O–H groups in total. The van der Waals surface area contributed by atoms with Crippen LogP contribution in [0.4, 0.5) is 0 Å². The van der Waals surface area contributed by atoms with Crippen LogP contribution in [0.3, 0.4) is 0 Å². The molecule has 0 aromatic carbocycles. The summed E-state index contributed by atoms with van der Waals surface area (Å²) in [5.41, 5.74) is 5.59. The largest absolute Gasteiger partial charge is 0.392 e. The van der Waals surface area contributed by atoms with Gasteiger partial charge in [-0.25, -0.2) is 12.7 Å². The van der Waals surface area contributed by atoms with Gasteiger partial charge in [-0.2, -0.15) is 0 Å². The Kier molecular flexibility index (Phi) is 4.54. The van der Waals surface area contributed by atoms with Crippen LogP contribution in [0.15, 0.2) is 0 Å². The molecule has 1 unspecified atom stereocenters. The molecule has 0 aromatic rings. The molecule has 100 valence electrons. The molecule has 0 spiro atoms. The second kappa shape index (κ2) is 5.20. The van der Waals surface area contributed by atoms with Gasteiger partial charge in [0.1, 0.15) is 5.25 Å².